The fourth-order valence-electron chi connectivity index (χ4n) is 4.45. The predicted octanol–water partition coefficient (Wildman–Crippen LogP) is 3.28. The van der Waals surface area contributed by atoms with Crippen LogP contribution in [0.3, 0.4) is 0 Å². The van der Waals surface area contributed by atoms with Crippen molar-refractivity contribution >= 4 is 11.9 Å². The summed E-state index contributed by atoms with van der Waals surface area (Å²) in [6, 6.07) is 3.39. The van der Waals surface area contributed by atoms with Gasteiger partial charge in [-0.05, 0) is 50.2 Å². The first-order valence-corrected chi connectivity index (χ1v) is 10.0. The number of amides is 1. The van der Waals surface area contributed by atoms with E-state index in [1.54, 1.807) is 12.1 Å². The van der Waals surface area contributed by atoms with Gasteiger partial charge in [0.25, 0.3) is 5.91 Å². The van der Waals surface area contributed by atoms with Gasteiger partial charge in [-0.15, -0.1) is 0 Å². The molecule has 0 aromatic carbocycles. The molecule has 1 aliphatic heterocycles. The fourth-order valence-corrected chi connectivity index (χ4v) is 4.45. The van der Waals surface area contributed by atoms with E-state index < -0.39 is 5.91 Å². The summed E-state index contributed by atoms with van der Waals surface area (Å²) in [6.45, 7) is 5.51. The van der Waals surface area contributed by atoms with E-state index in [0.717, 1.165) is 25.6 Å². The number of likely N-dealkylation sites (tertiary alicyclic amines) is 1. The Morgan fingerprint density at radius 1 is 1.23 bits per heavy atom. The average Bonchev–Trinajstić information content (AvgIpc) is 3.01. The summed E-state index contributed by atoms with van der Waals surface area (Å²) in [5, 5.41) is 3.43. The first-order chi connectivity index (χ1) is 12.6. The zero-order chi connectivity index (χ0) is 18.4. The molecule has 1 saturated carbocycles. The molecule has 6 nitrogen and oxygen atoms in total. The van der Waals surface area contributed by atoms with Gasteiger partial charge in [-0.3, -0.25) is 4.79 Å². The smallest absolute Gasteiger partial charge is 0.284 e. The third kappa shape index (κ3) is 4.59. The predicted molar refractivity (Wildman–Crippen MR) is 103 cm³/mol. The van der Waals surface area contributed by atoms with E-state index in [1.807, 2.05) is 0 Å². The molecular weight excluding hydrogens is 328 g/mol. The highest BCUT2D eigenvalue weighted by Gasteiger charge is 2.36. The summed E-state index contributed by atoms with van der Waals surface area (Å²) >= 11 is 0. The molecule has 1 aromatic rings. The van der Waals surface area contributed by atoms with Crippen LogP contribution in [0.25, 0.3) is 0 Å². The number of piperidine rings is 1. The van der Waals surface area contributed by atoms with Crippen LogP contribution in [0.5, 0.6) is 0 Å². The Kier molecular flexibility index (Phi) is 6.22. The number of aliphatic imine (C=N–C) groups is 1. The molecule has 1 aliphatic carbocycles. The molecule has 2 aliphatic rings. The van der Waals surface area contributed by atoms with E-state index in [4.69, 9.17) is 15.1 Å². The van der Waals surface area contributed by atoms with Gasteiger partial charge in [0.1, 0.15) is 12.3 Å². The van der Waals surface area contributed by atoms with Gasteiger partial charge in [-0.25, -0.2) is 4.99 Å². The Morgan fingerprint density at radius 3 is 2.62 bits per heavy atom. The number of nitrogens with zero attached hydrogens (tertiary/aromatic N) is 2. The average molecular weight is 361 g/mol. The molecule has 0 radical (unpaired) electrons. The summed E-state index contributed by atoms with van der Waals surface area (Å²) in [5.74, 6) is 1.26. The number of nitrogens with two attached hydrogens (primary N) is 1. The van der Waals surface area contributed by atoms with E-state index in [0.29, 0.717) is 17.7 Å². The Balaban J connectivity index is 1.70. The standard InChI is InChI=1S/C20H32N4O2/c1-2-22-19(23-14-16-8-9-17(26-16)18(21)25)24-13-7-12-20(15-24)10-5-3-4-6-11-20/h8-9H,2-7,10-15H2,1H3,(H2,21,25)(H,22,23). The number of carbonyl (C=O) groups is 1. The van der Waals surface area contributed by atoms with Crippen molar-refractivity contribution in [3.63, 3.8) is 0 Å². The monoisotopic (exact) mass is 360 g/mol. The second kappa shape index (κ2) is 8.60. The molecule has 6 heteroatoms. The lowest BCUT2D eigenvalue weighted by Gasteiger charge is -2.44. The third-order valence-corrected chi connectivity index (χ3v) is 5.75. The van der Waals surface area contributed by atoms with Crippen molar-refractivity contribution < 1.29 is 9.21 Å². The van der Waals surface area contributed by atoms with Crippen molar-refractivity contribution in [2.24, 2.45) is 16.1 Å². The first-order valence-electron chi connectivity index (χ1n) is 10.0. The third-order valence-electron chi connectivity index (χ3n) is 5.75. The van der Waals surface area contributed by atoms with Gasteiger partial charge in [0, 0.05) is 19.6 Å². The van der Waals surface area contributed by atoms with E-state index in [2.05, 4.69) is 17.1 Å². The van der Waals surface area contributed by atoms with E-state index in [1.165, 1.54) is 51.4 Å². The molecule has 1 spiro atoms. The van der Waals surface area contributed by atoms with Gasteiger partial charge in [-0.1, -0.05) is 25.7 Å². The van der Waals surface area contributed by atoms with Crippen LogP contribution < -0.4 is 11.1 Å². The molecule has 1 amide bonds. The summed E-state index contributed by atoms with van der Waals surface area (Å²) in [6.07, 6.45) is 10.8. The highest BCUT2D eigenvalue weighted by molar-refractivity contribution is 5.89. The topological polar surface area (TPSA) is 83.9 Å². The number of rotatable bonds is 4. The molecule has 1 aromatic heterocycles. The highest BCUT2D eigenvalue weighted by atomic mass is 16.3. The van der Waals surface area contributed by atoms with Crippen LogP contribution in [0.2, 0.25) is 0 Å². The number of hydrogen-bond donors (Lipinski definition) is 2. The summed E-state index contributed by atoms with van der Waals surface area (Å²) in [4.78, 5) is 18.4. The molecule has 1 saturated heterocycles. The molecule has 144 valence electrons. The molecule has 26 heavy (non-hydrogen) atoms. The quantitative estimate of drug-likeness (QED) is 0.637. The maximum absolute atomic E-state index is 11.2. The summed E-state index contributed by atoms with van der Waals surface area (Å²) in [5.41, 5.74) is 5.72. The Labute approximate surface area is 156 Å². The van der Waals surface area contributed by atoms with Gasteiger partial charge >= 0.3 is 0 Å². The molecule has 0 bridgehead atoms. The maximum atomic E-state index is 11.2. The maximum Gasteiger partial charge on any atom is 0.284 e. The largest absolute Gasteiger partial charge is 0.454 e. The molecular formula is C20H32N4O2. The minimum Gasteiger partial charge on any atom is -0.454 e. The van der Waals surface area contributed by atoms with Crippen LogP contribution in [0, 0.1) is 5.41 Å². The van der Waals surface area contributed by atoms with Gasteiger partial charge in [0.05, 0.1) is 0 Å². The van der Waals surface area contributed by atoms with Crippen molar-refractivity contribution in [2.45, 2.75) is 64.8 Å². The summed E-state index contributed by atoms with van der Waals surface area (Å²) < 4.78 is 5.46. The lowest BCUT2D eigenvalue weighted by Crippen LogP contribution is -2.50. The second-order valence-corrected chi connectivity index (χ2v) is 7.74. The van der Waals surface area contributed by atoms with Gasteiger partial charge in [0.15, 0.2) is 11.7 Å². The van der Waals surface area contributed by atoms with Crippen molar-refractivity contribution in [3.8, 4) is 0 Å². The molecule has 0 unspecified atom stereocenters. The molecule has 2 heterocycles. The number of hydrogen-bond acceptors (Lipinski definition) is 3. The number of furan rings is 1. The van der Waals surface area contributed by atoms with Crippen LogP contribution in [0.15, 0.2) is 21.5 Å². The molecule has 3 N–H and O–H groups in total. The first kappa shape index (κ1) is 18.8. The number of nitrogens with one attached hydrogen (secondary N) is 1. The van der Waals surface area contributed by atoms with Crippen molar-refractivity contribution in [1.82, 2.24) is 10.2 Å². The lowest BCUT2D eigenvalue weighted by molar-refractivity contribution is 0.0972. The van der Waals surface area contributed by atoms with Gasteiger partial charge in [-0.2, -0.15) is 0 Å². The van der Waals surface area contributed by atoms with E-state index in [9.17, 15) is 4.79 Å². The highest BCUT2D eigenvalue weighted by Crippen LogP contribution is 2.42. The van der Waals surface area contributed by atoms with E-state index in [-0.39, 0.29) is 5.76 Å². The molecule has 0 atom stereocenters. The minimum atomic E-state index is -0.543. The zero-order valence-corrected chi connectivity index (χ0v) is 15.9. The zero-order valence-electron chi connectivity index (χ0n) is 15.9. The van der Waals surface area contributed by atoms with Crippen molar-refractivity contribution in [2.75, 3.05) is 19.6 Å². The number of carbonyl (C=O) groups excluding carboxylic acids is 1. The van der Waals surface area contributed by atoms with Crippen LogP contribution >= 0.6 is 0 Å². The summed E-state index contributed by atoms with van der Waals surface area (Å²) in [7, 11) is 0. The van der Waals surface area contributed by atoms with Crippen molar-refractivity contribution in [1.29, 1.82) is 0 Å². The van der Waals surface area contributed by atoms with Crippen LogP contribution in [0.4, 0.5) is 0 Å². The van der Waals surface area contributed by atoms with E-state index >= 15 is 0 Å². The Morgan fingerprint density at radius 2 is 1.96 bits per heavy atom. The van der Waals surface area contributed by atoms with Crippen LogP contribution in [0.1, 0.15) is 74.6 Å². The van der Waals surface area contributed by atoms with Gasteiger partial charge in [0.2, 0.25) is 0 Å². The van der Waals surface area contributed by atoms with Crippen molar-refractivity contribution in [3.05, 3.63) is 23.7 Å². The lowest BCUT2D eigenvalue weighted by atomic mass is 9.74. The number of primary amides is 1. The van der Waals surface area contributed by atoms with Crippen LogP contribution in [-0.4, -0.2) is 36.4 Å². The normalized spacial score (nSPS) is 20.8. The molecule has 3 rings (SSSR count). The Hall–Kier alpha value is -1.98. The van der Waals surface area contributed by atoms with Crippen LogP contribution in [-0.2, 0) is 6.54 Å². The minimum absolute atomic E-state index is 0.190. The fraction of sp³-hybridized carbons (Fsp3) is 0.700. The molecule has 2 fully saturated rings. The Bertz CT molecular complexity index is 630. The number of guanidine groups is 1. The van der Waals surface area contributed by atoms with Gasteiger partial charge < -0.3 is 20.4 Å². The second-order valence-electron chi connectivity index (χ2n) is 7.74. The SMILES string of the molecule is CCNC(=NCc1ccc(C(N)=O)o1)N1CCCC2(CCCCCC2)C1.